The molecule has 1 fully saturated rings. The second-order valence-corrected chi connectivity index (χ2v) is 9.79. The van der Waals surface area contributed by atoms with E-state index in [4.69, 9.17) is 14.2 Å². The zero-order valence-electron chi connectivity index (χ0n) is 22.3. The highest BCUT2D eigenvalue weighted by molar-refractivity contribution is 7.17. The third-order valence-corrected chi connectivity index (χ3v) is 7.34. The van der Waals surface area contributed by atoms with E-state index in [-0.39, 0.29) is 27.9 Å². The van der Waals surface area contributed by atoms with Gasteiger partial charge < -0.3 is 19.3 Å². The monoisotopic (exact) mass is 560 g/mol. The molecule has 0 saturated carbocycles. The van der Waals surface area contributed by atoms with E-state index in [0.717, 1.165) is 11.3 Å². The number of amides is 1. The van der Waals surface area contributed by atoms with Gasteiger partial charge in [-0.2, -0.15) is 0 Å². The molecule has 10 heteroatoms. The lowest BCUT2D eigenvalue weighted by atomic mass is 9.94. The first-order valence-corrected chi connectivity index (χ1v) is 13.1. The number of thiazole rings is 1. The van der Waals surface area contributed by atoms with E-state index in [0.29, 0.717) is 40.5 Å². The molecule has 0 bridgehead atoms. The molecule has 9 nitrogen and oxygen atoms in total. The van der Waals surface area contributed by atoms with E-state index in [1.165, 1.54) is 18.1 Å². The van der Waals surface area contributed by atoms with Gasteiger partial charge in [-0.05, 0) is 55.3 Å². The summed E-state index contributed by atoms with van der Waals surface area (Å²) in [5.41, 5.74) is 1.77. The summed E-state index contributed by atoms with van der Waals surface area (Å²) in [6.45, 7) is 10.9. The number of ketones is 1. The molecule has 2 aromatic carbocycles. The van der Waals surface area contributed by atoms with Gasteiger partial charge in [0, 0.05) is 5.56 Å². The number of ether oxygens (including phenoxy) is 3. The SMILES string of the molecule is C=CCOC(=O)c1sc(N2C(=O)C(=O)C(=C(O)c3ccc(OCC=C)cc3C)[C@@H]2c2ccc(OC)cc2)nc1C. The van der Waals surface area contributed by atoms with Gasteiger partial charge in [-0.15, -0.1) is 0 Å². The number of anilines is 1. The van der Waals surface area contributed by atoms with Crippen molar-refractivity contribution in [3.63, 3.8) is 0 Å². The topological polar surface area (TPSA) is 115 Å². The lowest BCUT2D eigenvalue weighted by molar-refractivity contribution is -0.132. The van der Waals surface area contributed by atoms with Gasteiger partial charge in [-0.1, -0.05) is 48.8 Å². The van der Waals surface area contributed by atoms with Crippen LogP contribution in [0.5, 0.6) is 11.5 Å². The molecule has 1 aromatic heterocycles. The maximum absolute atomic E-state index is 13.5. The fraction of sp³-hybridized carbons (Fsp3) is 0.200. The molecule has 40 heavy (non-hydrogen) atoms. The molecule has 3 aromatic rings. The number of methoxy groups -OCH3 is 1. The van der Waals surface area contributed by atoms with Gasteiger partial charge in [-0.3, -0.25) is 14.5 Å². The maximum Gasteiger partial charge on any atom is 0.350 e. The van der Waals surface area contributed by atoms with Crippen LogP contribution in [0.15, 0.2) is 73.3 Å². The molecule has 0 aliphatic carbocycles. The Balaban J connectivity index is 1.86. The Bertz CT molecular complexity index is 1520. The molecule has 1 amide bonds. The van der Waals surface area contributed by atoms with Gasteiger partial charge >= 0.3 is 11.9 Å². The molecule has 0 radical (unpaired) electrons. The van der Waals surface area contributed by atoms with Crippen molar-refractivity contribution >= 4 is 39.9 Å². The minimum absolute atomic E-state index is 0.0125. The Morgan fingerprint density at radius 3 is 2.38 bits per heavy atom. The number of esters is 1. The van der Waals surface area contributed by atoms with Crippen molar-refractivity contribution in [1.29, 1.82) is 0 Å². The molecule has 0 unspecified atom stereocenters. The number of aliphatic hydroxyl groups is 1. The second kappa shape index (κ2) is 12.0. The smallest absolute Gasteiger partial charge is 0.350 e. The first kappa shape index (κ1) is 28.3. The summed E-state index contributed by atoms with van der Waals surface area (Å²) in [5, 5.41) is 11.6. The number of Topliss-reactive ketones (excluding diaryl/α,β-unsaturated/α-hetero) is 1. The standard InChI is InChI=1S/C30H28N2O7S/c1-6-14-38-21-12-13-22(17(3)16-21)25(33)23-24(19-8-10-20(37-5)11-9-19)32(28(35)26(23)34)30-31-18(4)27(40-30)29(36)39-15-7-2/h6-13,16,24,33H,1-2,14-15H2,3-5H3/t24-/m0/s1. The van der Waals surface area contributed by atoms with Crippen molar-refractivity contribution in [3.05, 3.63) is 101 Å². The van der Waals surface area contributed by atoms with Gasteiger partial charge in [0.2, 0.25) is 0 Å². The number of hydrogen-bond donors (Lipinski definition) is 1. The van der Waals surface area contributed by atoms with Gasteiger partial charge in [0.1, 0.15) is 35.3 Å². The van der Waals surface area contributed by atoms with Crippen LogP contribution in [0, 0.1) is 13.8 Å². The van der Waals surface area contributed by atoms with Gasteiger partial charge in [-0.25, -0.2) is 9.78 Å². The molecular weight excluding hydrogens is 532 g/mol. The number of aryl methyl sites for hydroxylation is 2. The molecule has 4 rings (SSSR count). The highest BCUT2D eigenvalue weighted by atomic mass is 32.1. The molecule has 1 aliphatic rings. The van der Waals surface area contributed by atoms with Crippen LogP contribution >= 0.6 is 11.3 Å². The van der Waals surface area contributed by atoms with Crippen LogP contribution in [0.3, 0.4) is 0 Å². The molecule has 1 atom stereocenters. The predicted molar refractivity (Wildman–Crippen MR) is 152 cm³/mol. The molecule has 2 heterocycles. The Labute approximate surface area is 235 Å². The average Bonchev–Trinajstić information content (AvgIpc) is 3.46. The molecule has 1 aliphatic heterocycles. The van der Waals surface area contributed by atoms with E-state index >= 15 is 0 Å². The Morgan fingerprint density at radius 1 is 1.07 bits per heavy atom. The fourth-order valence-electron chi connectivity index (χ4n) is 4.30. The van der Waals surface area contributed by atoms with Crippen LogP contribution in [-0.4, -0.2) is 48.1 Å². The van der Waals surface area contributed by atoms with Crippen molar-refractivity contribution in [2.45, 2.75) is 19.9 Å². The fourth-order valence-corrected chi connectivity index (χ4v) is 5.29. The van der Waals surface area contributed by atoms with Crippen molar-refractivity contribution < 1.29 is 33.7 Å². The van der Waals surface area contributed by atoms with Crippen LogP contribution in [0.4, 0.5) is 5.13 Å². The lowest BCUT2D eigenvalue weighted by Gasteiger charge is -2.23. The van der Waals surface area contributed by atoms with Crippen molar-refractivity contribution in [2.24, 2.45) is 0 Å². The van der Waals surface area contributed by atoms with Crippen molar-refractivity contribution in [3.8, 4) is 11.5 Å². The minimum Gasteiger partial charge on any atom is -0.507 e. The van der Waals surface area contributed by atoms with Gasteiger partial charge in [0.25, 0.3) is 5.78 Å². The highest BCUT2D eigenvalue weighted by Gasteiger charge is 2.48. The quantitative estimate of drug-likeness (QED) is 0.117. The van der Waals surface area contributed by atoms with Crippen LogP contribution in [-0.2, 0) is 14.3 Å². The molecule has 1 saturated heterocycles. The highest BCUT2D eigenvalue weighted by Crippen LogP contribution is 2.44. The number of carbonyl (C=O) groups excluding carboxylic acids is 3. The van der Waals surface area contributed by atoms with E-state index in [9.17, 15) is 19.5 Å². The van der Waals surface area contributed by atoms with Gasteiger partial charge in [0.05, 0.1) is 24.4 Å². The molecule has 0 spiro atoms. The zero-order valence-corrected chi connectivity index (χ0v) is 23.1. The Kier molecular flexibility index (Phi) is 8.49. The Hall–Kier alpha value is -4.70. The van der Waals surface area contributed by atoms with Crippen LogP contribution < -0.4 is 14.4 Å². The molecular formula is C30H28N2O7S. The van der Waals surface area contributed by atoms with Crippen LogP contribution in [0.25, 0.3) is 5.76 Å². The van der Waals surface area contributed by atoms with E-state index in [1.54, 1.807) is 62.4 Å². The first-order valence-electron chi connectivity index (χ1n) is 12.3. The number of carbonyl (C=O) groups is 3. The van der Waals surface area contributed by atoms with E-state index in [1.807, 2.05) is 0 Å². The number of nitrogens with zero attached hydrogens (tertiary/aromatic N) is 2. The summed E-state index contributed by atoms with van der Waals surface area (Å²) in [4.78, 5) is 45.4. The summed E-state index contributed by atoms with van der Waals surface area (Å²) in [6, 6.07) is 10.8. The Morgan fingerprint density at radius 2 is 1.75 bits per heavy atom. The third kappa shape index (κ3) is 5.39. The number of benzene rings is 2. The minimum atomic E-state index is -1.02. The van der Waals surface area contributed by atoms with Crippen molar-refractivity contribution in [1.82, 2.24) is 4.98 Å². The van der Waals surface area contributed by atoms with Crippen LogP contribution in [0.2, 0.25) is 0 Å². The average molecular weight is 561 g/mol. The predicted octanol–water partition coefficient (Wildman–Crippen LogP) is 5.30. The summed E-state index contributed by atoms with van der Waals surface area (Å²) in [5.74, 6) is -1.58. The summed E-state index contributed by atoms with van der Waals surface area (Å²) >= 11 is 0.929. The van der Waals surface area contributed by atoms with E-state index in [2.05, 4.69) is 18.1 Å². The van der Waals surface area contributed by atoms with Gasteiger partial charge in [0.15, 0.2) is 5.13 Å². The summed E-state index contributed by atoms with van der Waals surface area (Å²) in [6.07, 6.45) is 3.06. The summed E-state index contributed by atoms with van der Waals surface area (Å²) in [7, 11) is 1.53. The van der Waals surface area contributed by atoms with Crippen molar-refractivity contribution in [2.75, 3.05) is 25.2 Å². The number of aliphatic hydroxyl groups excluding tert-OH is 1. The number of rotatable bonds is 10. The normalized spacial score (nSPS) is 16.1. The second-order valence-electron chi connectivity index (χ2n) is 8.82. The molecule has 1 N–H and O–H groups in total. The molecule has 206 valence electrons. The number of aromatic nitrogens is 1. The largest absolute Gasteiger partial charge is 0.507 e. The first-order chi connectivity index (χ1) is 19.2. The van der Waals surface area contributed by atoms with E-state index < -0.39 is 23.7 Å². The van der Waals surface area contributed by atoms with Crippen LogP contribution in [0.1, 0.15) is 38.1 Å². The maximum atomic E-state index is 13.5. The lowest BCUT2D eigenvalue weighted by Crippen LogP contribution is -2.29. The zero-order chi connectivity index (χ0) is 29.0. The number of hydrogen-bond acceptors (Lipinski definition) is 9. The summed E-state index contributed by atoms with van der Waals surface area (Å²) < 4.78 is 16.0. The third-order valence-electron chi connectivity index (χ3n) is 6.21.